The van der Waals surface area contributed by atoms with Crippen molar-refractivity contribution >= 4 is 10.1 Å². The van der Waals surface area contributed by atoms with Crippen LogP contribution in [0.1, 0.15) is 13.8 Å². The van der Waals surface area contributed by atoms with Gasteiger partial charge in [0.15, 0.2) is 0 Å². The molecule has 1 rings (SSSR count). The second kappa shape index (κ2) is 4.47. The molecule has 0 heterocycles. The molecule has 0 aromatic carbocycles. The van der Waals surface area contributed by atoms with Gasteiger partial charge in [-0.1, -0.05) is 23.8 Å². The van der Waals surface area contributed by atoms with Gasteiger partial charge in [0.05, 0.1) is 4.75 Å². The van der Waals surface area contributed by atoms with Gasteiger partial charge in [-0.25, -0.2) is 8.42 Å². The van der Waals surface area contributed by atoms with Crippen molar-refractivity contribution in [3.63, 3.8) is 0 Å². The summed E-state index contributed by atoms with van der Waals surface area (Å²) in [7, 11) is -4.35. The zero-order valence-corrected chi connectivity index (χ0v) is 11.3. The zero-order valence-electron chi connectivity index (χ0n) is 8.52. The molecule has 6 heteroatoms. The Morgan fingerprint density at radius 2 is 2.07 bits per heavy atom. The number of hydrogen-bond donors (Lipinski definition) is 1. The van der Waals surface area contributed by atoms with E-state index in [1.807, 2.05) is 0 Å². The summed E-state index contributed by atoms with van der Waals surface area (Å²) in [4.78, 5) is 0. The van der Waals surface area contributed by atoms with Crippen molar-refractivity contribution in [1.29, 1.82) is 0 Å². The second-order valence-corrected chi connectivity index (χ2v) is 5.20. The van der Waals surface area contributed by atoms with Crippen molar-refractivity contribution < 1.29 is 42.5 Å². The second-order valence-electron chi connectivity index (χ2n) is 3.41. The molecule has 0 spiro atoms. The Kier molecular flexibility index (Phi) is 4.58. The summed E-state index contributed by atoms with van der Waals surface area (Å²) >= 11 is 0. The zero-order chi connectivity index (χ0) is 10.3. The van der Waals surface area contributed by atoms with Gasteiger partial charge in [0.25, 0.3) is 0 Å². The van der Waals surface area contributed by atoms with Gasteiger partial charge in [0, 0.05) is 6.04 Å². The van der Waals surface area contributed by atoms with E-state index in [1.165, 1.54) is 25.2 Å². The standard InChI is InChI=1S/C8H13NO3S.Na/c1-6-5-8(2,13(10,11)12)4-3-7(6)9;/h3-5,7H,9H2,1-2H3,(H,10,11,12);/q;+1/p-1. The fourth-order valence-electron chi connectivity index (χ4n) is 1.20. The van der Waals surface area contributed by atoms with E-state index in [2.05, 4.69) is 0 Å². The molecule has 1 aliphatic rings. The molecule has 74 valence electrons. The van der Waals surface area contributed by atoms with Crippen LogP contribution in [0.3, 0.4) is 0 Å². The van der Waals surface area contributed by atoms with E-state index < -0.39 is 14.9 Å². The predicted molar refractivity (Wildman–Crippen MR) is 49.0 cm³/mol. The van der Waals surface area contributed by atoms with Crippen LogP contribution in [-0.2, 0) is 10.1 Å². The van der Waals surface area contributed by atoms with Gasteiger partial charge >= 0.3 is 29.6 Å². The molecule has 2 N–H and O–H groups in total. The smallest absolute Gasteiger partial charge is 0.747 e. The molecule has 2 atom stereocenters. The summed E-state index contributed by atoms with van der Waals surface area (Å²) in [6.45, 7) is 3.07. The van der Waals surface area contributed by atoms with Crippen LogP contribution in [0, 0.1) is 0 Å². The van der Waals surface area contributed by atoms with Crippen molar-refractivity contribution in [3.8, 4) is 0 Å². The molecule has 0 bridgehead atoms. The first-order valence-corrected chi connectivity index (χ1v) is 5.27. The van der Waals surface area contributed by atoms with E-state index in [9.17, 15) is 13.0 Å². The van der Waals surface area contributed by atoms with Gasteiger partial charge in [-0.2, -0.15) is 0 Å². The van der Waals surface area contributed by atoms with Gasteiger partial charge in [0.2, 0.25) is 0 Å². The van der Waals surface area contributed by atoms with Crippen LogP contribution in [-0.4, -0.2) is 23.8 Å². The topological polar surface area (TPSA) is 83.2 Å². The largest absolute Gasteiger partial charge is 1.00 e. The molecule has 4 nitrogen and oxygen atoms in total. The van der Waals surface area contributed by atoms with Crippen molar-refractivity contribution in [2.75, 3.05) is 0 Å². The number of hydrogen-bond acceptors (Lipinski definition) is 4. The summed E-state index contributed by atoms with van der Waals surface area (Å²) in [6, 6.07) is -0.283. The average Bonchev–Trinajstić information content (AvgIpc) is 1.95. The first-order valence-electron chi connectivity index (χ1n) is 3.86. The fraction of sp³-hybridized carbons (Fsp3) is 0.500. The summed E-state index contributed by atoms with van der Waals surface area (Å²) in [5.74, 6) is 0. The van der Waals surface area contributed by atoms with Crippen LogP contribution in [0.5, 0.6) is 0 Å². The first-order chi connectivity index (χ1) is 5.76. The molecule has 0 saturated heterocycles. The van der Waals surface area contributed by atoms with E-state index >= 15 is 0 Å². The summed E-state index contributed by atoms with van der Waals surface area (Å²) in [5, 5.41) is 0. The average molecular weight is 225 g/mol. The normalized spacial score (nSPS) is 32.0. The Morgan fingerprint density at radius 1 is 1.57 bits per heavy atom. The molecule has 0 radical (unpaired) electrons. The molecule has 0 aromatic heterocycles. The number of rotatable bonds is 1. The molecule has 14 heavy (non-hydrogen) atoms. The summed E-state index contributed by atoms with van der Waals surface area (Å²) < 4.78 is 31.2. The summed E-state index contributed by atoms with van der Waals surface area (Å²) in [6.07, 6.45) is 4.28. The van der Waals surface area contributed by atoms with Crippen LogP contribution in [0.4, 0.5) is 0 Å². The molecule has 0 fully saturated rings. The fourth-order valence-corrected chi connectivity index (χ4v) is 1.77. The molecule has 0 saturated carbocycles. The van der Waals surface area contributed by atoms with Crippen molar-refractivity contribution in [2.45, 2.75) is 24.6 Å². The monoisotopic (exact) mass is 225 g/mol. The van der Waals surface area contributed by atoms with Crippen LogP contribution in [0.25, 0.3) is 0 Å². The number of nitrogens with two attached hydrogens (primary N) is 1. The van der Waals surface area contributed by atoms with Crippen LogP contribution in [0.2, 0.25) is 0 Å². The minimum atomic E-state index is -4.35. The van der Waals surface area contributed by atoms with Crippen LogP contribution in [0.15, 0.2) is 23.8 Å². The Hall–Kier alpha value is 0.350. The Morgan fingerprint density at radius 3 is 2.43 bits per heavy atom. The minimum absolute atomic E-state index is 0. The van der Waals surface area contributed by atoms with Gasteiger partial charge < -0.3 is 10.3 Å². The Bertz CT molecular complexity index is 374. The first kappa shape index (κ1) is 14.3. The van der Waals surface area contributed by atoms with E-state index in [0.29, 0.717) is 5.57 Å². The third-order valence-corrected chi connectivity index (χ3v) is 3.54. The Balaban J connectivity index is 0.00000169. The van der Waals surface area contributed by atoms with Crippen LogP contribution >= 0.6 is 0 Å². The van der Waals surface area contributed by atoms with E-state index in [0.717, 1.165) is 0 Å². The van der Waals surface area contributed by atoms with E-state index in [-0.39, 0.29) is 35.6 Å². The third-order valence-electron chi connectivity index (χ3n) is 2.21. The van der Waals surface area contributed by atoms with Gasteiger partial charge in [-0.15, -0.1) is 0 Å². The van der Waals surface area contributed by atoms with Crippen molar-refractivity contribution in [3.05, 3.63) is 23.8 Å². The molecule has 1 aliphatic carbocycles. The molecular formula is C8H12NNaO3S. The van der Waals surface area contributed by atoms with Gasteiger partial charge in [0.1, 0.15) is 10.1 Å². The van der Waals surface area contributed by atoms with E-state index in [1.54, 1.807) is 6.92 Å². The molecule has 0 aliphatic heterocycles. The Labute approximate surface area is 106 Å². The molecular weight excluding hydrogens is 213 g/mol. The summed E-state index contributed by atoms with van der Waals surface area (Å²) in [5.41, 5.74) is 6.29. The molecule has 0 aromatic rings. The third kappa shape index (κ3) is 2.68. The maximum absolute atomic E-state index is 10.9. The van der Waals surface area contributed by atoms with Gasteiger partial charge in [-0.05, 0) is 13.8 Å². The maximum atomic E-state index is 10.9. The predicted octanol–water partition coefficient (Wildman–Crippen LogP) is -2.86. The van der Waals surface area contributed by atoms with Crippen LogP contribution < -0.4 is 35.3 Å². The van der Waals surface area contributed by atoms with Crippen molar-refractivity contribution in [2.24, 2.45) is 5.73 Å². The van der Waals surface area contributed by atoms with Gasteiger partial charge in [-0.3, -0.25) is 0 Å². The van der Waals surface area contributed by atoms with E-state index in [4.69, 9.17) is 5.73 Å². The quantitative estimate of drug-likeness (QED) is 0.295. The molecule has 2 unspecified atom stereocenters. The minimum Gasteiger partial charge on any atom is -0.747 e. The molecule has 0 amide bonds. The maximum Gasteiger partial charge on any atom is 1.00 e. The SMILES string of the molecule is CC1=CC(C)(S(=O)(=O)[O-])C=CC1N.[Na+]. The van der Waals surface area contributed by atoms with Crippen molar-refractivity contribution in [1.82, 2.24) is 0 Å².